The van der Waals surface area contributed by atoms with Crippen LogP contribution in [0.1, 0.15) is 17.5 Å². The first kappa shape index (κ1) is 16.1. The van der Waals surface area contributed by atoms with E-state index in [9.17, 15) is 18.0 Å². The number of carbonyl (C=O) groups excluding carboxylic acids is 1. The molecule has 2 aromatic carbocycles. The highest BCUT2D eigenvalue weighted by atomic mass is 32.2. The molecular weight excluding hydrogens is 328 g/mol. The van der Waals surface area contributed by atoms with E-state index in [1.54, 1.807) is 60.7 Å². The predicted octanol–water partition coefficient (Wildman–Crippen LogP) is 2.40. The van der Waals surface area contributed by atoms with Gasteiger partial charge in [0.05, 0.1) is 11.3 Å². The minimum Gasteiger partial charge on any atom is -0.481 e. The second-order valence-electron chi connectivity index (χ2n) is 5.43. The van der Waals surface area contributed by atoms with Gasteiger partial charge in [-0.3, -0.25) is 9.59 Å². The van der Waals surface area contributed by atoms with E-state index < -0.39 is 33.3 Å². The maximum Gasteiger partial charge on any atom is 0.305 e. The summed E-state index contributed by atoms with van der Waals surface area (Å²) < 4.78 is 25.8. The van der Waals surface area contributed by atoms with E-state index in [4.69, 9.17) is 5.11 Å². The summed E-state index contributed by atoms with van der Waals surface area (Å²) in [6.07, 6.45) is -0.742. The third-order valence-electron chi connectivity index (χ3n) is 3.88. The van der Waals surface area contributed by atoms with Crippen LogP contribution in [-0.4, -0.2) is 30.5 Å². The molecule has 0 radical (unpaired) electrons. The van der Waals surface area contributed by atoms with Gasteiger partial charge in [0.1, 0.15) is 5.25 Å². The van der Waals surface area contributed by atoms with Crippen molar-refractivity contribution in [3.05, 3.63) is 71.8 Å². The Morgan fingerprint density at radius 3 is 1.92 bits per heavy atom. The molecule has 0 saturated carbocycles. The maximum absolute atomic E-state index is 12.9. The van der Waals surface area contributed by atoms with Gasteiger partial charge in [-0.2, -0.15) is 0 Å². The summed E-state index contributed by atoms with van der Waals surface area (Å²) in [5.41, 5.74) is 0.920. The second kappa shape index (κ2) is 6.05. The van der Waals surface area contributed by atoms with Gasteiger partial charge >= 0.3 is 5.97 Å². The highest BCUT2D eigenvalue weighted by Crippen LogP contribution is 2.42. The van der Waals surface area contributed by atoms with Crippen LogP contribution in [0, 0.1) is 0 Å². The van der Waals surface area contributed by atoms with Crippen LogP contribution in [0.3, 0.4) is 0 Å². The average molecular weight is 342 g/mol. The predicted molar refractivity (Wildman–Crippen MR) is 89.7 cm³/mol. The number of ketones is 1. The smallest absolute Gasteiger partial charge is 0.305 e. The first-order chi connectivity index (χ1) is 11.4. The van der Waals surface area contributed by atoms with Crippen molar-refractivity contribution in [1.29, 1.82) is 0 Å². The van der Waals surface area contributed by atoms with Crippen molar-refractivity contribution >= 4 is 32.1 Å². The number of hydrogen-bond acceptors (Lipinski definition) is 4. The minimum atomic E-state index is -4.07. The van der Waals surface area contributed by atoms with E-state index in [1.165, 1.54) is 0 Å². The fraction of sp³-hybridized carbons (Fsp3) is 0.111. The molecule has 0 fully saturated rings. The molecule has 1 heterocycles. The number of carboxylic acids is 1. The van der Waals surface area contributed by atoms with Crippen molar-refractivity contribution in [1.82, 2.24) is 0 Å². The van der Waals surface area contributed by atoms with E-state index in [-0.39, 0.29) is 10.5 Å². The van der Waals surface area contributed by atoms with Crippen LogP contribution < -0.4 is 0 Å². The van der Waals surface area contributed by atoms with Gasteiger partial charge in [0, 0.05) is 5.57 Å². The van der Waals surface area contributed by atoms with Gasteiger partial charge in [0.25, 0.3) is 0 Å². The van der Waals surface area contributed by atoms with Gasteiger partial charge in [-0.1, -0.05) is 60.7 Å². The van der Waals surface area contributed by atoms with Crippen LogP contribution in [0.25, 0.3) is 10.5 Å². The first-order valence-corrected chi connectivity index (χ1v) is 8.82. The zero-order chi connectivity index (χ0) is 17.3. The zero-order valence-corrected chi connectivity index (χ0v) is 13.4. The normalized spacial score (nSPS) is 19.5. The standard InChI is InChI=1S/C18H14O5S/c19-15(20)11-14-17(21)16(12-7-3-1-4-8-12)18(24(14,22)23)13-9-5-2-6-10-13/h1-10,14H,11H2,(H,19,20). The van der Waals surface area contributed by atoms with Gasteiger partial charge < -0.3 is 5.11 Å². The molecule has 1 aliphatic rings. The Balaban J connectivity index is 2.29. The van der Waals surface area contributed by atoms with Crippen LogP contribution in [0.5, 0.6) is 0 Å². The molecule has 1 N–H and O–H groups in total. The number of hydrogen-bond donors (Lipinski definition) is 1. The molecule has 1 aliphatic heterocycles. The Labute approximate surface area is 139 Å². The summed E-state index contributed by atoms with van der Waals surface area (Å²) in [7, 11) is -4.07. The number of carboxylic acid groups (broad SMARTS) is 1. The monoisotopic (exact) mass is 342 g/mol. The Morgan fingerprint density at radius 2 is 1.42 bits per heavy atom. The Kier molecular flexibility index (Phi) is 4.07. The molecule has 1 unspecified atom stereocenters. The van der Waals surface area contributed by atoms with Gasteiger partial charge in [-0.25, -0.2) is 8.42 Å². The molecular formula is C18H14O5S. The number of aliphatic carboxylic acids is 1. The minimum absolute atomic E-state index is 0.0630. The van der Waals surface area contributed by atoms with Crippen LogP contribution >= 0.6 is 0 Å². The van der Waals surface area contributed by atoms with Crippen LogP contribution in [0.15, 0.2) is 60.7 Å². The van der Waals surface area contributed by atoms with E-state index in [2.05, 4.69) is 0 Å². The maximum atomic E-state index is 12.9. The number of allylic oxidation sites excluding steroid dienone is 1. The molecule has 0 saturated heterocycles. The molecule has 0 bridgehead atoms. The highest BCUT2D eigenvalue weighted by molar-refractivity contribution is 8.03. The average Bonchev–Trinajstić information content (AvgIpc) is 2.76. The van der Waals surface area contributed by atoms with E-state index >= 15 is 0 Å². The molecule has 6 heteroatoms. The van der Waals surface area contributed by atoms with Gasteiger partial charge in [-0.15, -0.1) is 0 Å². The van der Waals surface area contributed by atoms with Crippen molar-refractivity contribution in [2.45, 2.75) is 11.7 Å². The fourth-order valence-corrected chi connectivity index (χ4v) is 4.85. The summed E-state index contributed by atoms with van der Waals surface area (Å²) in [6, 6.07) is 16.8. The largest absolute Gasteiger partial charge is 0.481 e. The molecule has 0 amide bonds. The Hall–Kier alpha value is -2.73. The number of sulfone groups is 1. The fourth-order valence-electron chi connectivity index (χ4n) is 2.84. The van der Waals surface area contributed by atoms with Gasteiger partial charge in [-0.05, 0) is 11.1 Å². The van der Waals surface area contributed by atoms with E-state index in [1.807, 2.05) is 0 Å². The summed E-state index contributed by atoms with van der Waals surface area (Å²) in [4.78, 5) is 23.7. The Morgan fingerprint density at radius 1 is 0.917 bits per heavy atom. The number of carbonyl (C=O) groups is 2. The van der Waals surface area contributed by atoms with Crippen molar-refractivity contribution in [3.8, 4) is 0 Å². The van der Waals surface area contributed by atoms with Gasteiger partial charge in [0.15, 0.2) is 15.6 Å². The number of Topliss-reactive ketones (excluding diaryl/α,β-unsaturated/α-hetero) is 1. The van der Waals surface area contributed by atoms with Crippen LogP contribution in [0.4, 0.5) is 0 Å². The lowest BCUT2D eigenvalue weighted by molar-refractivity contribution is -0.137. The Bertz CT molecular complexity index is 928. The number of rotatable bonds is 4. The van der Waals surface area contributed by atoms with E-state index in [0.29, 0.717) is 11.1 Å². The molecule has 5 nitrogen and oxygen atoms in total. The SMILES string of the molecule is O=C(O)CC1C(=O)C(c2ccccc2)=C(c2ccccc2)S1(=O)=O. The van der Waals surface area contributed by atoms with Crippen LogP contribution in [-0.2, 0) is 19.4 Å². The molecule has 2 aromatic rings. The van der Waals surface area contributed by atoms with Crippen molar-refractivity contribution in [3.63, 3.8) is 0 Å². The zero-order valence-electron chi connectivity index (χ0n) is 12.5. The molecule has 1 atom stereocenters. The molecule has 3 rings (SSSR count). The molecule has 0 aliphatic carbocycles. The van der Waals surface area contributed by atoms with Crippen LogP contribution in [0.2, 0.25) is 0 Å². The summed E-state index contributed by atoms with van der Waals surface area (Å²) in [5.74, 6) is -1.99. The molecule has 122 valence electrons. The second-order valence-corrected chi connectivity index (χ2v) is 7.50. The quantitative estimate of drug-likeness (QED) is 0.922. The molecule has 24 heavy (non-hydrogen) atoms. The third-order valence-corrected chi connectivity index (χ3v) is 6.02. The summed E-state index contributed by atoms with van der Waals surface area (Å²) >= 11 is 0. The van der Waals surface area contributed by atoms with Crippen molar-refractivity contribution in [2.24, 2.45) is 0 Å². The molecule has 0 spiro atoms. The van der Waals surface area contributed by atoms with E-state index in [0.717, 1.165) is 0 Å². The summed E-state index contributed by atoms with van der Waals surface area (Å²) in [6.45, 7) is 0. The lowest BCUT2D eigenvalue weighted by Gasteiger charge is -2.08. The lowest BCUT2D eigenvalue weighted by atomic mass is 9.96. The highest BCUT2D eigenvalue weighted by Gasteiger charge is 2.48. The third kappa shape index (κ3) is 2.65. The van der Waals surface area contributed by atoms with Gasteiger partial charge in [0.2, 0.25) is 0 Å². The van der Waals surface area contributed by atoms with Crippen molar-refractivity contribution in [2.75, 3.05) is 0 Å². The number of benzene rings is 2. The van der Waals surface area contributed by atoms with Crippen molar-refractivity contribution < 1.29 is 23.1 Å². The summed E-state index contributed by atoms with van der Waals surface area (Å²) in [5, 5.41) is 7.42. The lowest BCUT2D eigenvalue weighted by Crippen LogP contribution is -2.27. The molecule has 0 aromatic heterocycles. The topological polar surface area (TPSA) is 88.5 Å². The first-order valence-electron chi connectivity index (χ1n) is 7.28.